The average molecular weight is 148 g/mol. The van der Waals surface area contributed by atoms with E-state index in [1.165, 1.54) is 19.4 Å². The molecule has 1 fully saturated rings. The van der Waals surface area contributed by atoms with Gasteiger partial charge >= 0.3 is 0 Å². The topological polar surface area (TPSA) is 3.24 Å². The van der Waals surface area contributed by atoms with Gasteiger partial charge in [0.05, 0.1) is 0 Å². The first kappa shape index (κ1) is 7.36. The second-order valence-electron chi connectivity index (χ2n) is 2.72. The molecule has 0 radical (unpaired) electrons. The van der Waals surface area contributed by atoms with Gasteiger partial charge < -0.3 is 0 Å². The maximum Gasteiger partial charge on any atom is 0.0351 e. The standard InChI is InChI=1S/C7H14ClN/c1-7-3-2-5-9(7)6-4-8/h7H,2-6H2,1H3/t7-/m0/s1. The highest BCUT2D eigenvalue weighted by molar-refractivity contribution is 6.18. The summed E-state index contributed by atoms with van der Waals surface area (Å²) in [6, 6.07) is 0.781. The highest BCUT2D eigenvalue weighted by atomic mass is 35.5. The molecular weight excluding hydrogens is 134 g/mol. The molecule has 0 amide bonds. The fourth-order valence-electron chi connectivity index (χ4n) is 1.43. The molecule has 1 aliphatic heterocycles. The van der Waals surface area contributed by atoms with E-state index in [1.54, 1.807) is 0 Å². The van der Waals surface area contributed by atoms with Gasteiger partial charge in [0.25, 0.3) is 0 Å². The molecule has 9 heavy (non-hydrogen) atoms. The van der Waals surface area contributed by atoms with Crippen molar-refractivity contribution < 1.29 is 0 Å². The van der Waals surface area contributed by atoms with Crippen molar-refractivity contribution in [2.45, 2.75) is 25.8 Å². The predicted octanol–water partition coefficient (Wildman–Crippen LogP) is 1.71. The summed E-state index contributed by atoms with van der Waals surface area (Å²) >= 11 is 5.61. The Morgan fingerprint density at radius 3 is 2.89 bits per heavy atom. The van der Waals surface area contributed by atoms with E-state index in [1.807, 2.05) is 0 Å². The Morgan fingerprint density at radius 1 is 1.67 bits per heavy atom. The Morgan fingerprint density at radius 2 is 2.44 bits per heavy atom. The van der Waals surface area contributed by atoms with Crippen LogP contribution in [0.1, 0.15) is 19.8 Å². The number of hydrogen-bond acceptors (Lipinski definition) is 1. The van der Waals surface area contributed by atoms with Crippen molar-refractivity contribution in [1.29, 1.82) is 0 Å². The Kier molecular flexibility index (Phi) is 2.80. The molecule has 0 aliphatic carbocycles. The molecule has 1 saturated heterocycles. The highest BCUT2D eigenvalue weighted by Crippen LogP contribution is 2.15. The van der Waals surface area contributed by atoms with Crippen LogP contribution >= 0.6 is 11.6 Å². The van der Waals surface area contributed by atoms with Crippen LogP contribution in [0.2, 0.25) is 0 Å². The van der Waals surface area contributed by atoms with Gasteiger partial charge in [-0.25, -0.2) is 0 Å². The minimum Gasteiger partial charge on any atom is -0.299 e. The Bertz CT molecular complexity index is 85.0. The smallest absolute Gasteiger partial charge is 0.0351 e. The number of alkyl halides is 1. The zero-order chi connectivity index (χ0) is 6.69. The number of nitrogens with zero attached hydrogens (tertiary/aromatic N) is 1. The zero-order valence-electron chi connectivity index (χ0n) is 5.94. The normalized spacial score (nSPS) is 29.3. The highest BCUT2D eigenvalue weighted by Gasteiger charge is 2.18. The van der Waals surface area contributed by atoms with Crippen LogP contribution in [0.3, 0.4) is 0 Å². The van der Waals surface area contributed by atoms with Crippen LogP contribution in [0, 0.1) is 0 Å². The molecule has 2 heteroatoms. The molecule has 1 rings (SSSR count). The van der Waals surface area contributed by atoms with Crippen molar-refractivity contribution in [3.8, 4) is 0 Å². The predicted molar refractivity (Wildman–Crippen MR) is 41.0 cm³/mol. The molecular formula is C7H14ClN. The molecule has 0 N–H and O–H groups in total. The monoisotopic (exact) mass is 147 g/mol. The van der Waals surface area contributed by atoms with E-state index >= 15 is 0 Å². The van der Waals surface area contributed by atoms with E-state index in [4.69, 9.17) is 11.6 Å². The molecule has 0 bridgehead atoms. The van der Waals surface area contributed by atoms with Crippen LogP contribution in [0.4, 0.5) is 0 Å². The summed E-state index contributed by atoms with van der Waals surface area (Å²) < 4.78 is 0. The third kappa shape index (κ3) is 1.84. The van der Waals surface area contributed by atoms with Crippen molar-refractivity contribution in [3.05, 3.63) is 0 Å². The fourth-order valence-corrected chi connectivity index (χ4v) is 1.65. The summed E-state index contributed by atoms with van der Waals surface area (Å²) in [7, 11) is 0. The van der Waals surface area contributed by atoms with Gasteiger partial charge in [0.2, 0.25) is 0 Å². The lowest BCUT2D eigenvalue weighted by Gasteiger charge is -2.18. The first-order valence-electron chi connectivity index (χ1n) is 3.64. The van der Waals surface area contributed by atoms with Crippen LogP contribution in [0.5, 0.6) is 0 Å². The Balaban J connectivity index is 2.22. The van der Waals surface area contributed by atoms with E-state index in [-0.39, 0.29) is 0 Å². The van der Waals surface area contributed by atoms with Crippen molar-refractivity contribution in [2.75, 3.05) is 19.0 Å². The van der Waals surface area contributed by atoms with Crippen molar-refractivity contribution in [1.82, 2.24) is 4.90 Å². The van der Waals surface area contributed by atoms with E-state index in [0.717, 1.165) is 18.5 Å². The van der Waals surface area contributed by atoms with Crippen LogP contribution in [0.15, 0.2) is 0 Å². The van der Waals surface area contributed by atoms with Gasteiger partial charge in [0.1, 0.15) is 0 Å². The SMILES string of the molecule is C[C@H]1CCCN1CCCl. The summed E-state index contributed by atoms with van der Waals surface area (Å²) in [5, 5.41) is 0. The van der Waals surface area contributed by atoms with Crippen LogP contribution in [-0.2, 0) is 0 Å². The molecule has 0 unspecified atom stereocenters. The van der Waals surface area contributed by atoms with Crippen molar-refractivity contribution >= 4 is 11.6 Å². The summed E-state index contributed by atoms with van der Waals surface area (Å²) in [5.74, 6) is 0.782. The van der Waals surface area contributed by atoms with Gasteiger partial charge in [-0.2, -0.15) is 0 Å². The lowest BCUT2D eigenvalue weighted by molar-refractivity contribution is 0.285. The second kappa shape index (κ2) is 3.43. The van der Waals surface area contributed by atoms with Crippen LogP contribution in [0.25, 0.3) is 0 Å². The lowest BCUT2D eigenvalue weighted by atomic mass is 10.2. The largest absolute Gasteiger partial charge is 0.299 e. The summed E-state index contributed by atoms with van der Waals surface area (Å²) in [6.45, 7) is 4.61. The summed E-state index contributed by atoms with van der Waals surface area (Å²) in [6.07, 6.45) is 2.72. The molecule has 54 valence electrons. The van der Waals surface area contributed by atoms with Gasteiger partial charge in [-0.15, -0.1) is 11.6 Å². The van der Waals surface area contributed by atoms with E-state index < -0.39 is 0 Å². The molecule has 0 aromatic carbocycles. The molecule has 1 aliphatic rings. The molecule has 1 atom stereocenters. The minimum atomic E-state index is 0.781. The first-order chi connectivity index (χ1) is 4.34. The molecule has 0 spiro atoms. The number of hydrogen-bond donors (Lipinski definition) is 0. The third-order valence-electron chi connectivity index (χ3n) is 2.06. The summed E-state index contributed by atoms with van der Waals surface area (Å²) in [4.78, 5) is 2.45. The van der Waals surface area contributed by atoms with E-state index in [0.29, 0.717) is 0 Å². The van der Waals surface area contributed by atoms with Gasteiger partial charge in [-0.05, 0) is 26.3 Å². The lowest BCUT2D eigenvalue weighted by Crippen LogP contribution is -2.28. The number of rotatable bonds is 2. The minimum absolute atomic E-state index is 0.781. The van der Waals surface area contributed by atoms with Gasteiger partial charge in [-0.3, -0.25) is 4.90 Å². The Hall–Kier alpha value is 0.250. The maximum absolute atomic E-state index is 5.61. The first-order valence-corrected chi connectivity index (χ1v) is 4.18. The van der Waals surface area contributed by atoms with Crippen LogP contribution in [-0.4, -0.2) is 29.9 Å². The second-order valence-corrected chi connectivity index (χ2v) is 3.09. The fraction of sp³-hybridized carbons (Fsp3) is 1.00. The quantitative estimate of drug-likeness (QED) is 0.538. The third-order valence-corrected chi connectivity index (χ3v) is 2.23. The van der Waals surface area contributed by atoms with Gasteiger partial charge in [-0.1, -0.05) is 0 Å². The van der Waals surface area contributed by atoms with Gasteiger partial charge in [0.15, 0.2) is 0 Å². The van der Waals surface area contributed by atoms with E-state index in [9.17, 15) is 0 Å². The van der Waals surface area contributed by atoms with Crippen LogP contribution < -0.4 is 0 Å². The molecule has 1 nitrogen and oxygen atoms in total. The number of halogens is 1. The molecule has 0 aromatic rings. The molecule has 0 aromatic heterocycles. The average Bonchev–Trinajstić information content (AvgIpc) is 2.18. The molecule has 0 saturated carbocycles. The van der Waals surface area contributed by atoms with Gasteiger partial charge in [0, 0.05) is 18.5 Å². The van der Waals surface area contributed by atoms with Crippen molar-refractivity contribution in [2.24, 2.45) is 0 Å². The summed E-state index contributed by atoms with van der Waals surface area (Å²) in [5.41, 5.74) is 0. The Labute approximate surface area is 62.0 Å². The molecule has 1 heterocycles. The number of likely N-dealkylation sites (tertiary alicyclic amines) is 1. The van der Waals surface area contributed by atoms with E-state index in [2.05, 4.69) is 11.8 Å². The van der Waals surface area contributed by atoms with Crippen molar-refractivity contribution in [3.63, 3.8) is 0 Å². The maximum atomic E-state index is 5.61. The zero-order valence-corrected chi connectivity index (χ0v) is 6.69.